The first kappa shape index (κ1) is 18.7. The Kier molecular flexibility index (Phi) is 3.88. The molecule has 0 radical (unpaired) electrons. The van der Waals surface area contributed by atoms with Gasteiger partial charge in [0.1, 0.15) is 11.2 Å². The lowest BCUT2D eigenvalue weighted by molar-refractivity contribution is 0.669. The Labute approximate surface area is 194 Å². The SMILES string of the molecule is N#Cc1ccnc(-c2cccc(-n3c4ccccc4c4cc5oc6ccccc6c5cc43)c2)c1. The van der Waals surface area contributed by atoms with Crippen LogP contribution in [-0.2, 0) is 0 Å². The molecular weight excluding hydrogens is 418 g/mol. The van der Waals surface area contributed by atoms with E-state index in [1.54, 1.807) is 12.3 Å². The molecule has 4 nitrogen and oxygen atoms in total. The molecule has 0 N–H and O–H groups in total. The first-order chi connectivity index (χ1) is 16.8. The van der Waals surface area contributed by atoms with Crippen molar-refractivity contribution >= 4 is 43.7 Å². The van der Waals surface area contributed by atoms with Crippen molar-refractivity contribution in [3.8, 4) is 23.0 Å². The minimum absolute atomic E-state index is 0.599. The van der Waals surface area contributed by atoms with E-state index < -0.39 is 0 Å². The number of hydrogen-bond donors (Lipinski definition) is 0. The van der Waals surface area contributed by atoms with E-state index in [1.165, 1.54) is 5.39 Å². The predicted molar refractivity (Wildman–Crippen MR) is 136 cm³/mol. The van der Waals surface area contributed by atoms with Gasteiger partial charge in [-0.25, -0.2) is 0 Å². The molecule has 0 saturated heterocycles. The van der Waals surface area contributed by atoms with Crippen LogP contribution >= 0.6 is 0 Å². The van der Waals surface area contributed by atoms with Gasteiger partial charge in [0.15, 0.2) is 0 Å². The van der Waals surface area contributed by atoms with Gasteiger partial charge in [-0.05, 0) is 48.5 Å². The Morgan fingerprint density at radius 3 is 2.44 bits per heavy atom. The van der Waals surface area contributed by atoms with Crippen LogP contribution in [0.15, 0.2) is 108 Å². The number of pyridine rings is 1. The van der Waals surface area contributed by atoms with Gasteiger partial charge in [-0.1, -0.05) is 48.5 Å². The molecule has 3 heterocycles. The zero-order valence-electron chi connectivity index (χ0n) is 18.1. The fourth-order valence-electron chi connectivity index (χ4n) is 4.93. The summed E-state index contributed by atoms with van der Waals surface area (Å²) < 4.78 is 8.47. The number of aromatic nitrogens is 2. The normalized spacial score (nSPS) is 11.5. The molecule has 0 aliphatic carbocycles. The number of benzene rings is 4. The van der Waals surface area contributed by atoms with Crippen molar-refractivity contribution in [2.45, 2.75) is 0 Å². The van der Waals surface area contributed by atoms with Crippen LogP contribution in [0.25, 0.3) is 60.7 Å². The van der Waals surface area contributed by atoms with E-state index in [9.17, 15) is 5.26 Å². The second-order valence-electron chi connectivity index (χ2n) is 8.41. The van der Waals surface area contributed by atoms with Gasteiger partial charge in [-0.2, -0.15) is 5.26 Å². The lowest BCUT2D eigenvalue weighted by Crippen LogP contribution is -1.95. The average Bonchev–Trinajstić information content (AvgIpc) is 3.42. The van der Waals surface area contributed by atoms with Gasteiger partial charge in [0, 0.05) is 39.0 Å². The molecule has 4 aromatic carbocycles. The maximum atomic E-state index is 9.30. The maximum absolute atomic E-state index is 9.30. The highest BCUT2D eigenvalue weighted by atomic mass is 16.3. The van der Waals surface area contributed by atoms with E-state index in [2.05, 4.69) is 70.2 Å². The van der Waals surface area contributed by atoms with Crippen LogP contribution in [0.1, 0.15) is 5.56 Å². The van der Waals surface area contributed by atoms with Gasteiger partial charge in [0.05, 0.1) is 28.4 Å². The number of nitrogens with zero attached hydrogens (tertiary/aromatic N) is 3. The van der Waals surface area contributed by atoms with Crippen LogP contribution in [-0.4, -0.2) is 9.55 Å². The van der Waals surface area contributed by atoms with Crippen molar-refractivity contribution in [3.05, 3.63) is 109 Å². The van der Waals surface area contributed by atoms with Crippen LogP contribution in [0.2, 0.25) is 0 Å². The Hall–Kier alpha value is -4.88. The largest absolute Gasteiger partial charge is 0.456 e. The Morgan fingerprint density at radius 2 is 1.53 bits per heavy atom. The molecule has 0 saturated carbocycles. The van der Waals surface area contributed by atoms with Crippen molar-refractivity contribution in [2.75, 3.05) is 0 Å². The summed E-state index contributed by atoms with van der Waals surface area (Å²) >= 11 is 0. The van der Waals surface area contributed by atoms with Gasteiger partial charge < -0.3 is 8.98 Å². The third kappa shape index (κ3) is 2.68. The van der Waals surface area contributed by atoms with E-state index in [0.717, 1.165) is 55.3 Å². The molecule has 34 heavy (non-hydrogen) atoms. The van der Waals surface area contributed by atoms with Crippen molar-refractivity contribution in [3.63, 3.8) is 0 Å². The summed E-state index contributed by atoms with van der Waals surface area (Å²) in [4.78, 5) is 4.50. The fraction of sp³-hybridized carbons (Fsp3) is 0. The lowest BCUT2D eigenvalue weighted by atomic mass is 10.1. The summed E-state index contributed by atoms with van der Waals surface area (Å²) in [5.74, 6) is 0. The molecule has 0 fully saturated rings. The third-order valence-corrected chi connectivity index (χ3v) is 6.46. The number of furan rings is 1. The second-order valence-corrected chi connectivity index (χ2v) is 8.41. The maximum Gasteiger partial charge on any atom is 0.136 e. The molecule has 4 heteroatoms. The summed E-state index contributed by atoms with van der Waals surface area (Å²) in [7, 11) is 0. The summed E-state index contributed by atoms with van der Waals surface area (Å²) in [6, 6.07) is 35.1. The van der Waals surface area contributed by atoms with Crippen molar-refractivity contribution in [1.82, 2.24) is 9.55 Å². The zero-order chi connectivity index (χ0) is 22.6. The number of nitriles is 1. The molecule has 0 aliphatic heterocycles. The number of fused-ring (bicyclic) bond motifs is 6. The van der Waals surface area contributed by atoms with E-state index in [-0.39, 0.29) is 0 Å². The molecule has 3 aromatic heterocycles. The number of para-hydroxylation sites is 2. The topological polar surface area (TPSA) is 54.8 Å². The highest BCUT2D eigenvalue weighted by Gasteiger charge is 2.16. The van der Waals surface area contributed by atoms with Gasteiger partial charge in [-0.3, -0.25) is 4.98 Å². The van der Waals surface area contributed by atoms with E-state index in [1.807, 2.05) is 36.4 Å². The highest BCUT2D eigenvalue weighted by Crippen LogP contribution is 2.38. The first-order valence-corrected chi connectivity index (χ1v) is 11.1. The molecule has 0 bridgehead atoms. The molecule has 7 aromatic rings. The quantitative estimate of drug-likeness (QED) is 0.281. The van der Waals surface area contributed by atoms with E-state index >= 15 is 0 Å². The van der Waals surface area contributed by atoms with Crippen LogP contribution in [0.3, 0.4) is 0 Å². The standard InChI is InChI=1S/C30H17N3O/c31-18-19-12-13-32-26(14-19)20-6-5-7-21(15-20)33-27-10-3-1-8-22(27)24-17-30-25(16-28(24)33)23-9-2-4-11-29(23)34-30/h1-17H. The van der Waals surface area contributed by atoms with Crippen LogP contribution in [0.5, 0.6) is 0 Å². The van der Waals surface area contributed by atoms with Gasteiger partial charge in [-0.15, -0.1) is 0 Å². The smallest absolute Gasteiger partial charge is 0.136 e. The number of rotatable bonds is 2. The van der Waals surface area contributed by atoms with Crippen LogP contribution < -0.4 is 0 Å². The first-order valence-electron chi connectivity index (χ1n) is 11.1. The van der Waals surface area contributed by atoms with E-state index in [0.29, 0.717) is 5.56 Å². The molecule has 158 valence electrons. The molecule has 7 rings (SSSR count). The molecule has 0 spiro atoms. The molecule has 0 aliphatic rings. The Morgan fingerprint density at radius 1 is 0.676 bits per heavy atom. The Balaban J connectivity index is 1.55. The summed E-state index contributed by atoms with van der Waals surface area (Å²) in [6.07, 6.45) is 1.68. The van der Waals surface area contributed by atoms with Crippen molar-refractivity contribution in [1.29, 1.82) is 5.26 Å². The minimum atomic E-state index is 0.599. The predicted octanol–water partition coefficient (Wildman–Crippen LogP) is 7.62. The van der Waals surface area contributed by atoms with Crippen LogP contribution in [0, 0.1) is 11.3 Å². The zero-order valence-corrected chi connectivity index (χ0v) is 18.1. The third-order valence-electron chi connectivity index (χ3n) is 6.46. The summed E-state index contributed by atoms with van der Waals surface area (Å²) in [5, 5.41) is 13.8. The lowest BCUT2D eigenvalue weighted by Gasteiger charge is -2.10. The Bertz CT molecular complexity index is 1930. The molecule has 0 atom stereocenters. The second kappa shape index (κ2) is 7.06. The molecule has 0 amide bonds. The monoisotopic (exact) mass is 435 g/mol. The van der Waals surface area contributed by atoms with Gasteiger partial charge >= 0.3 is 0 Å². The number of hydrogen-bond acceptors (Lipinski definition) is 3. The summed E-state index contributed by atoms with van der Waals surface area (Å²) in [5.41, 5.74) is 7.43. The van der Waals surface area contributed by atoms with Crippen molar-refractivity contribution in [2.24, 2.45) is 0 Å². The minimum Gasteiger partial charge on any atom is -0.456 e. The molecular formula is C30H17N3O. The van der Waals surface area contributed by atoms with Crippen LogP contribution in [0.4, 0.5) is 0 Å². The van der Waals surface area contributed by atoms with Gasteiger partial charge in [0.25, 0.3) is 0 Å². The fourth-order valence-corrected chi connectivity index (χ4v) is 4.93. The summed E-state index contributed by atoms with van der Waals surface area (Å²) in [6.45, 7) is 0. The highest BCUT2D eigenvalue weighted by molar-refractivity contribution is 6.17. The van der Waals surface area contributed by atoms with E-state index in [4.69, 9.17) is 4.42 Å². The average molecular weight is 435 g/mol. The van der Waals surface area contributed by atoms with Gasteiger partial charge in [0.2, 0.25) is 0 Å². The molecule has 0 unspecified atom stereocenters. The van der Waals surface area contributed by atoms with Crippen molar-refractivity contribution < 1.29 is 4.42 Å².